The van der Waals surface area contributed by atoms with Gasteiger partial charge in [0, 0.05) is 18.5 Å². The highest BCUT2D eigenvalue weighted by Gasteiger charge is 2.30. The smallest absolute Gasteiger partial charge is 0.315 e. The average molecular weight is 441 g/mol. The van der Waals surface area contributed by atoms with E-state index in [2.05, 4.69) is 20.6 Å². The minimum absolute atomic E-state index is 0.00993. The van der Waals surface area contributed by atoms with E-state index in [0.29, 0.717) is 42.8 Å². The van der Waals surface area contributed by atoms with Crippen LogP contribution in [0.4, 0.5) is 9.18 Å². The van der Waals surface area contributed by atoms with Gasteiger partial charge in [0.15, 0.2) is 0 Å². The monoisotopic (exact) mass is 440 g/mol. The Morgan fingerprint density at radius 2 is 2.06 bits per heavy atom. The highest BCUT2D eigenvalue weighted by molar-refractivity contribution is 5.76. The van der Waals surface area contributed by atoms with Crippen LogP contribution in [0.3, 0.4) is 0 Å². The van der Waals surface area contributed by atoms with Crippen LogP contribution in [0.1, 0.15) is 50.0 Å². The molecule has 1 atom stereocenters. The number of aromatic amines is 1. The first kappa shape index (κ1) is 22.1. The molecule has 0 radical (unpaired) electrons. The molecule has 1 fully saturated rings. The van der Waals surface area contributed by atoms with Gasteiger partial charge in [-0.3, -0.25) is 0 Å². The summed E-state index contributed by atoms with van der Waals surface area (Å²) in [5, 5.41) is 16.1. The molecule has 2 aromatic carbocycles. The number of methoxy groups -OCH3 is 1. The highest BCUT2D eigenvalue weighted by atomic mass is 19.1. The number of H-pyrrole nitrogens is 1. The van der Waals surface area contributed by atoms with E-state index in [9.17, 15) is 14.3 Å². The summed E-state index contributed by atoms with van der Waals surface area (Å²) in [6, 6.07) is 11.4. The summed E-state index contributed by atoms with van der Waals surface area (Å²) in [5.74, 6) is 0.593. The SMILES string of the molecule is COc1ccc(C[C@@H](NC(=O)NC2CCC(C)(O)CC2)c2nc3ccccc3[nH]2)c(F)c1. The first-order valence-electron chi connectivity index (χ1n) is 10.9. The van der Waals surface area contributed by atoms with E-state index in [1.165, 1.54) is 13.2 Å². The molecule has 170 valence electrons. The largest absolute Gasteiger partial charge is 0.497 e. The van der Waals surface area contributed by atoms with E-state index in [-0.39, 0.29) is 18.5 Å². The Labute approximate surface area is 186 Å². The molecule has 3 aromatic rings. The number of imidazole rings is 1. The average Bonchev–Trinajstić information content (AvgIpc) is 3.20. The van der Waals surface area contributed by atoms with Gasteiger partial charge >= 0.3 is 6.03 Å². The van der Waals surface area contributed by atoms with Crippen LogP contribution in [0.15, 0.2) is 42.5 Å². The maximum atomic E-state index is 14.6. The van der Waals surface area contributed by atoms with Gasteiger partial charge in [0.25, 0.3) is 0 Å². The van der Waals surface area contributed by atoms with Crippen molar-refractivity contribution in [3.8, 4) is 5.75 Å². The summed E-state index contributed by atoms with van der Waals surface area (Å²) in [4.78, 5) is 20.7. The van der Waals surface area contributed by atoms with E-state index >= 15 is 0 Å². The Bertz CT molecular complexity index is 1050. The second kappa shape index (κ2) is 9.16. The number of aliphatic hydroxyl groups is 1. The maximum absolute atomic E-state index is 14.6. The number of hydrogen-bond acceptors (Lipinski definition) is 4. The van der Waals surface area contributed by atoms with Gasteiger partial charge in [-0.15, -0.1) is 0 Å². The van der Waals surface area contributed by atoms with Crippen LogP contribution in [0.2, 0.25) is 0 Å². The Morgan fingerprint density at radius 1 is 1.31 bits per heavy atom. The standard InChI is InChI=1S/C24H29FN4O3/c1-24(31)11-9-16(10-12-24)26-23(30)29-21(13-15-7-8-17(32-2)14-18(15)25)22-27-19-5-3-4-6-20(19)28-22/h3-8,14,16,21,31H,9-13H2,1-2H3,(H,27,28)(H2,26,29,30)/t16?,21-,24?/m1/s1. The van der Waals surface area contributed by atoms with Crippen molar-refractivity contribution in [3.63, 3.8) is 0 Å². The predicted octanol–water partition coefficient (Wildman–Crippen LogP) is 3.99. The second-order valence-electron chi connectivity index (χ2n) is 8.74. The lowest BCUT2D eigenvalue weighted by Gasteiger charge is -2.33. The summed E-state index contributed by atoms with van der Waals surface area (Å²) >= 11 is 0. The molecular formula is C24H29FN4O3. The van der Waals surface area contributed by atoms with E-state index in [0.717, 1.165) is 11.0 Å². The van der Waals surface area contributed by atoms with Gasteiger partial charge in [-0.25, -0.2) is 14.2 Å². The second-order valence-corrected chi connectivity index (χ2v) is 8.74. The Balaban J connectivity index is 1.52. The molecule has 0 aliphatic heterocycles. The van der Waals surface area contributed by atoms with Crippen molar-refractivity contribution < 1.29 is 19.0 Å². The zero-order valence-corrected chi connectivity index (χ0v) is 18.3. The summed E-state index contributed by atoms with van der Waals surface area (Å²) in [5.41, 5.74) is 1.40. The predicted molar refractivity (Wildman–Crippen MR) is 120 cm³/mol. The van der Waals surface area contributed by atoms with E-state index < -0.39 is 17.5 Å². The number of aromatic nitrogens is 2. The molecule has 7 nitrogen and oxygen atoms in total. The summed E-state index contributed by atoms with van der Waals surface area (Å²) in [6.45, 7) is 1.82. The minimum atomic E-state index is -0.669. The number of rotatable bonds is 6. The van der Waals surface area contributed by atoms with Gasteiger partial charge in [0.05, 0.1) is 29.8 Å². The van der Waals surface area contributed by atoms with Crippen molar-refractivity contribution in [1.29, 1.82) is 0 Å². The molecule has 4 rings (SSSR count). The number of fused-ring (bicyclic) bond motifs is 1. The van der Waals surface area contributed by atoms with Crippen LogP contribution in [0, 0.1) is 5.82 Å². The molecule has 0 bridgehead atoms. The molecule has 32 heavy (non-hydrogen) atoms. The molecule has 1 aromatic heterocycles. The van der Waals surface area contributed by atoms with Gasteiger partial charge < -0.3 is 25.5 Å². The number of halogens is 1. The lowest BCUT2D eigenvalue weighted by molar-refractivity contribution is 0.0151. The first-order chi connectivity index (χ1) is 15.3. The van der Waals surface area contributed by atoms with Crippen molar-refractivity contribution in [2.75, 3.05) is 7.11 Å². The maximum Gasteiger partial charge on any atom is 0.315 e. The number of nitrogens with one attached hydrogen (secondary N) is 3. The summed E-state index contributed by atoms with van der Waals surface area (Å²) in [7, 11) is 1.49. The van der Waals surface area contributed by atoms with E-state index in [1.54, 1.807) is 12.1 Å². The number of ether oxygens (including phenoxy) is 1. The van der Waals surface area contributed by atoms with E-state index in [1.807, 2.05) is 31.2 Å². The fourth-order valence-electron chi connectivity index (χ4n) is 4.16. The molecule has 1 heterocycles. The van der Waals surface area contributed by atoms with Crippen molar-refractivity contribution in [2.24, 2.45) is 0 Å². The number of benzene rings is 2. The lowest BCUT2D eigenvalue weighted by Crippen LogP contribution is -2.47. The third-order valence-electron chi connectivity index (χ3n) is 6.13. The fourth-order valence-corrected chi connectivity index (χ4v) is 4.16. The molecule has 8 heteroatoms. The molecule has 0 unspecified atom stereocenters. The number of carbonyl (C=O) groups is 1. The lowest BCUT2D eigenvalue weighted by atomic mass is 9.84. The summed E-state index contributed by atoms with van der Waals surface area (Å²) in [6.07, 6.45) is 2.93. The molecule has 1 aliphatic carbocycles. The molecular weight excluding hydrogens is 411 g/mol. The minimum Gasteiger partial charge on any atom is -0.497 e. The van der Waals surface area contributed by atoms with Gasteiger partial charge in [-0.05, 0) is 56.4 Å². The number of amides is 2. The number of para-hydroxylation sites is 2. The van der Waals surface area contributed by atoms with Gasteiger partial charge in [-0.2, -0.15) is 0 Å². The van der Waals surface area contributed by atoms with Crippen LogP contribution in [0.25, 0.3) is 11.0 Å². The van der Waals surface area contributed by atoms with Crippen LogP contribution in [-0.2, 0) is 6.42 Å². The van der Waals surface area contributed by atoms with E-state index in [4.69, 9.17) is 4.74 Å². The quantitative estimate of drug-likeness (QED) is 0.466. The molecule has 4 N–H and O–H groups in total. The van der Waals surface area contributed by atoms with Crippen LogP contribution in [-0.4, -0.2) is 39.9 Å². The Kier molecular flexibility index (Phi) is 6.32. The van der Waals surface area contributed by atoms with Gasteiger partial charge in [0.1, 0.15) is 17.4 Å². The Morgan fingerprint density at radius 3 is 2.75 bits per heavy atom. The molecule has 1 aliphatic rings. The van der Waals surface area contributed by atoms with Gasteiger partial charge in [-0.1, -0.05) is 18.2 Å². The van der Waals surface area contributed by atoms with Crippen molar-refractivity contribution in [3.05, 3.63) is 59.7 Å². The normalized spacial score (nSPS) is 21.8. The fraction of sp³-hybridized carbons (Fsp3) is 0.417. The molecule has 0 saturated heterocycles. The van der Waals surface area contributed by atoms with Crippen molar-refractivity contribution in [1.82, 2.24) is 20.6 Å². The zero-order chi connectivity index (χ0) is 22.7. The van der Waals surface area contributed by atoms with Crippen LogP contribution in [0.5, 0.6) is 5.75 Å². The van der Waals surface area contributed by atoms with Gasteiger partial charge in [0.2, 0.25) is 0 Å². The molecule has 2 amide bonds. The highest BCUT2D eigenvalue weighted by Crippen LogP contribution is 2.28. The number of carbonyl (C=O) groups excluding carboxylic acids is 1. The van der Waals surface area contributed by atoms with Crippen molar-refractivity contribution >= 4 is 17.1 Å². The van der Waals surface area contributed by atoms with Crippen molar-refractivity contribution in [2.45, 2.75) is 56.7 Å². The third kappa shape index (κ3) is 5.19. The zero-order valence-electron chi connectivity index (χ0n) is 18.3. The number of hydrogen-bond donors (Lipinski definition) is 4. The number of urea groups is 1. The Hall–Kier alpha value is -3.13. The first-order valence-corrected chi connectivity index (χ1v) is 10.9. The van der Waals surface area contributed by atoms with Crippen LogP contribution < -0.4 is 15.4 Å². The topological polar surface area (TPSA) is 99.3 Å². The molecule has 1 saturated carbocycles. The van der Waals surface area contributed by atoms with Crippen LogP contribution >= 0.6 is 0 Å². The third-order valence-corrected chi connectivity index (χ3v) is 6.13. The number of nitrogens with zero attached hydrogens (tertiary/aromatic N) is 1. The summed E-state index contributed by atoms with van der Waals surface area (Å²) < 4.78 is 19.7. The molecule has 0 spiro atoms.